The minimum Gasteiger partial charge on any atom is -0.272 e. The molecule has 0 amide bonds. The molecular formula is C52H37FN3S+. The number of imidazole rings is 1. The van der Waals surface area contributed by atoms with Crippen LogP contribution in [0.1, 0.15) is 29.0 Å². The summed E-state index contributed by atoms with van der Waals surface area (Å²) in [4.78, 5) is 5.45. The normalized spacial score (nSPS) is 16.2. The van der Waals surface area contributed by atoms with Crippen LogP contribution in [0.5, 0.6) is 0 Å². The molecule has 4 heterocycles. The van der Waals surface area contributed by atoms with Gasteiger partial charge in [0.2, 0.25) is 5.52 Å². The third-order valence-corrected chi connectivity index (χ3v) is 13.2. The minimum absolute atomic E-state index is 0.0510. The number of aliphatic imine (C=N–C) groups is 1. The Morgan fingerprint density at radius 2 is 1.47 bits per heavy atom. The molecule has 57 heavy (non-hydrogen) atoms. The highest BCUT2D eigenvalue weighted by Gasteiger charge is 2.42. The van der Waals surface area contributed by atoms with Gasteiger partial charge in [-0.1, -0.05) is 141 Å². The summed E-state index contributed by atoms with van der Waals surface area (Å²) in [7, 11) is 0. The molecule has 7 aromatic carbocycles. The van der Waals surface area contributed by atoms with Crippen molar-refractivity contribution in [1.29, 1.82) is 0 Å². The predicted octanol–water partition coefficient (Wildman–Crippen LogP) is 13.0. The first-order chi connectivity index (χ1) is 28.1. The highest BCUT2D eigenvalue weighted by Crippen LogP contribution is 2.47. The average Bonchev–Trinajstić information content (AvgIpc) is 3.83. The number of halogens is 1. The molecule has 0 saturated carbocycles. The summed E-state index contributed by atoms with van der Waals surface area (Å²) in [6.07, 6.45) is 3.54. The summed E-state index contributed by atoms with van der Waals surface area (Å²) >= 11 is 1.81. The number of hydrogen-bond donors (Lipinski definition) is 0. The quantitative estimate of drug-likeness (QED) is 0.160. The van der Waals surface area contributed by atoms with Crippen LogP contribution in [0, 0.1) is 5.82 Å². The third-order valence-electron chi connectivity index (χ3n) is 12.0. The Kier molecular flexibility index (Phi) is 7.80. The molecule has 0 bridgehead atoms. The Balaban J connectivity index is 1.33. The van der Waals surface area contributed by atoms with Gasteiger partial charge in [-0.05, 0) is 77.1 Å². The zero-order valence-electron chi connectivity index (χ0n) is 31.2. The van der Waals surface area contributed by atoms with E-state index in [0.717, 1.165) is 74.7 Å². The molecule has 9 aromatic rings. The summed E-state index contributed by atoms with van der Waals surface area (Å²) in [5, 5.41) is 2.41. The van der Waals surface area contributed by atoms with Crippen molar-refractivity contribution in [3.8, 4) is 39.3 Å². The summed E-state index contributed by atoms with van der Waals surface area (Å²) in [5.41, 5.74) is 12.7. The van der Waals surface area contributed by atoms with Crippen LogP contribution in [0.25, 0.3) is 76.2 Å². The fourth-order valence-electron chi connectivity index (χ4n) is 9.41. The second-order valence-electron chi connectivity index (χ2n) is 15.0. The molecule has 2 aliphatic heterocycles. The molecule has 2 aromatic heterocycles. The van der Waals surface area contributed by atoms with Gasteiger partial charge in [0, 0.05) is 32.5 Å². The Bertz CT molecular complexity index is 3130. The number of hydrogen-bond acceptors (Lipinski definition) is 2. The lowest BCUT2D eigenvalue weighted by atomic mass is 9.79. The lowest BCUT2D eigenvalue weighted by molar-refractivity contribution is -0.543. The number of nitrogens with zero attached hydrogens (tertiary/aromatic N) is 3. The summed E-state index contributed by atoms with van der Waals surface area (Å²) in [6, 6.07) is 54.5. The van der Waals surface area contributed by atoms with Crippen molar-refractivity contribution in [1.82, 2.24) is 4.57 Å². The summed E-state index contributed by atoms with van der Waals surface area (Å²) in [6.45, 7) is 9.14. The van der Waals surface area contributed by atoms with Crippen molar-refractivity contribution in [2.45, 2.75) is 24.8 Å². The van der Waals surface area contributed by atoms with Crippen molar-refractivity contribution >= 4 is 54.0 Å². The molecule has 3 nitrogen and oxygen atoms in total. The van der Waals surface area contributed by atoms with Crippen molar-refractivity contribution < 1.29 is 8.96 Å². The molecule has 2 atom stereocenters. The van der Waals surface area contributed by atoms with Crippen LogP contribution in [-0.2, 0) is 6.42 Å². The zero-order valence-corrected chi connectivity index (χ0v) is 32.0. The van der Waals surface area contributed by atoms with E-state index in [4.69, 9.17) is 11.6 Å². The molecule has 0 fully saturated rings. The Hall–Kier alpha value is -6.69. The van der Waals surface area contributed by atoms with Gasteiger partial charge in [-0.2, -0.15) is 9.13 Å². The Morgan fingerprint density at radius 3 is 2.30 bits per heavy atom. The van der Waals surface area contributed by atoms with E-state index >= 15 is 4.39 Å². The molecular weight excluding hydrogens is 718 g/mol. The molecule has 2 aliphatic rings. The number of aromatic nitrogens is 2. The molecule has 0 N–H and O–H groups in total. The maximum atomic E-state index is 17.2. The third kappa shape index (κ3) is 5.16. The van der Waals surface area contributed by atoms with Crippen LogP contribution >= 0.6 is 11.3 Å². The standard InChI is InChI=1S/C52H37FN3S/c1-3-44-39-20-11-10-19-38(39)41-29-25-35-26-30-42-40-21-12-13-24-47(40)57-51(42)48(35)52-55(32(2)49(41)54-44)45-23-14-22-43(53)50(45)56(52)46-31-36(33-15-6-4-7-16-33)27-28-37(46)34-17-8-5-9-18-34/h3-24,26-28,30-31,41,49H,1-2,25,29H2/q+1. The van der Waals surface area contributed by atoms with Crippen molar-refractivity contribution in [3.05, 3.63) is 199 Å². The van der Waals surface area contributed by atoms with Gasteiger partial charge in [-0.25, -0.2) is 4.39 Å². The smallest absolute Gasteiger partial charge is 0.272 e. The number of aryl methyl sites for hydroxylation is 1. The van der Waals surface area contributed by atoms with Crippen molar-refractivity contribution in [3.63, 3.8) is 0 Å². The lowest BCUT2D eigenvalue weighted by Crippen LogP contribution is -2.42. The second kappa shape index (κ2) is 13.2. The zero-order chi connectivity index (χ0) is 38.2. The van der Waals surface area contributed by atoms with Crippen LogP contribution in [0.3, 0.4) is 0 Å². The van der Waals surface area contributed by atoms with Gasteiger partial charge in [0.1, 0.15) is 17.4 Å². The highest BCUT2D eigenvalue weighted by molar-refractivity contribution is 7.26. The Labute approximate surface area is 334 Å². The van der Waals surface area contributed by atoms with Gasteiger partial charge in [0.15, 0.2) is 11.3 Å². The summed E-state index contributed by atoms with van der Waals surface area (Å²) in [5.74, 6) is 0.631. The van der Waals surface area contributed by atoms with Gasteiger partial charge >= 0.3 is 5.82 Å². The van der Waals surface area contributed by atoms with E-state index in [0.29, 0.717) is 5.52 Å². The number of fused-ring (bicyclic) bond motifs is 12. The first-order valence-electron chi connectivity index (χ1n) is 19.5. The fraction of sp³-hybridized carbons (Fsp3) is 0.0769. The topological polar surface area (TPSA) is 21.2 Å². The van der Waals surface area contributed by atoms with Crippen LogP contribution < -0.4 is 4.57 Å². The maximum Gasteiger partial charge on any atom is 0.301 e. The second-order valence-corrected chi connectivity index (χ2v) is 16.1. The molecule has 2 unspecified atom stereocenters. The number of allylic oxidation sites excluding steroid dienone is 1. The van der Waals surface area contributed by atoms with Crippen LogP contribution in [0.15, 0.2) is 182 Å². The van der Waals surface area contributed by atoms with Gasteiger partial charge in [0.25, 0.3) is 0 Å². The van der Waals surface area contributed by atoms with E-state index in [2.05, 4.69) is 143 Å². The predicted molar refractivity (Wildman–Crippen MR) is 236 cm³/mol. The van der Waals surface area contributed by atoms with E-state index in [1.54, 1.807) is 6.07 Å². The summed E-state index contributed by atoms with van der Waals surface area (Å²) < 4.78 is 24.0. The highest BCUT2D eigenvalue weighted by atomic mass is 32.1. The first kappa shape index (κ1) is 33.6. The number of benzene rings is 7. The van der Waals surface area contributed by atoms with Crippen molar-refractivity contribution in [2.75, 3.05) is 0 Å². The average molecular weight is 755 g/mol. The van der Waals surface area contributed by atoms with E-state index in [1.807, 2.05) is 41.7 Å². The van der Waals surface area contributed by atoms with Crippen LogP contribution in [0.2, 0.25) is 0 Å². The molecule has 11 rings (SSSR count). The van der Waals surface area contributed by atoms with E-state index in [-0.39, 0.29) is 17.8 Å². The van der Waals surface area contributed by atoms with Crippen LogP contribution in [-0.4, -0.2) is 16.3 Å². The number of thiophene rings is 1. The van der Waals surface area contributed by atoms with Gasteiger partial charge in [-0.3, -0.25) is 4.99 Å². The van der Waals surface area contributed by atoms with Gasteiger partial charge in [0.05, 0.1) is 16.0 Å². The van der Waals surface area contributed by atoms with E-state index < -0.39 is 0 Å². The minimum atomic E-state index is -0.310. The molecule has 0 spiro atoms. The Morgan fingerprint density at radius 1 is 0.719 bits per heavy atom. The monoisotopic (exact) mass is 754 g/mol. The SMILES string of the molecule is C=CC1=NC2C(=C)[n+]3c(n(-c4cc(-c5ccccc5)ccc4-c4ccccc4)c4c(F)cccc43)-c3c(ccc4c3sc3ccccc34)CCC2c2ccccc21. The molecule has 0 saturated heterocycles. The maximum absolute atomic E-state index is 17.2. The molecule has 0 aliphatic carbocycles. The van der Waals surface area contributed by atoms with E-state index in [1.165, 1.54) is 31.3 Å². The molecule has 5 heteroatoms. The largest absolute Gasteiger partial charge is 0.301 e. The van der Waals surface area contributed by atoms with Gasteiger partial charge in [-0.15, -0.1) is 11.3 Å². The molecule has 272 valence electrons. The fourth-order valence-corrected chi connectivity index (χ4v) is 10.7. The molecule has 0 radical (unpaired) electrons. The number of para-hydroxylation sites is 1. The van der Waals surface area contributed by atoms with E-state index in [9.17, 15) is 0 Å². The number of rotatable bonds is 4. The van der Waals surface area contributed by atoms with Crippen LogP contribution in [0.4, 0.5) is 4.39 Å². The van der Waals surface area contributed by atoms with Gasteiger partial charge < -0.3 is 0 Å². The van der Waals surface area contributed by atoms with Crippen molar-refractivity contribution in [2.24, 2.45) is 4.99 Å². The lowest BCUT2D eigenvalue weighted by Gasteiger charge is -2.31. The first-order valence-corrected chi connectivity index (χ1v) is 20.3.